The van der Waals surface area contributed by atoms with Gasteiger partial charge in [-0.1, -0.05) is 18.8 Å². The van der Waals surface area contributed by atoms with Gasteiger partial charge in [0.15, 0.2) is 0 Å². The van der Waals surface area contributed by atoms with Crippen molar-refractivity contribution in [3.05, 3.63) is 0 Å². The van der Waals surface area contributed by atoms with Gasteiger partial charge in [0.2, 0.25) is 5.91 Å². The predicted octanol–water partition coefficient (Wildman–Crippen LogP) is 0.000100. The fourth-order valence-electron chi connectivity index (χ4n) is 0.305. The number of nitrogens with two attached hydrogens (primary N) is 1. The van der Waals surface area contributed by atoms with E-state index in [-0.39, 0.29) is 14.3 Å². The standard InChI is InChI=1S/C5H11NOSi/c1-8(2)4-3-5(6)7/h4H,3H2,1-2H3,(H2,6,7). The van der Waals surface area contributed by atoms with Crippen molar-refractivity contribution in [1.29, 1.82) is 0 Å². The summed E-state index contributed by atoms with van der Waals surface area (Å²) >= 11 is 0. The van der Waals surface area contributed by atoms with E-state index in [0.29, 0.717) is 6.42 Å². The number of rotatable bonds is 2. The number of amides is 1. The highest BCUT2D eigenvalue weighted by Crippen LogP contribution is 1.69. The van der Waals surface area contributed by atoms with Crippen molar-refractivity contribution in [1.82, 2.24) is 0 Å². The summed E-state index contributed by atoms with van der Waals surface area (Å²) in [6.45, 7) is 4.24. The number of primary amides is 1. The maximum absolute atomic E-state index is 10.1. The summed E-state index contributed by atoms with van der Waals surface area (Å²) in [7, 11) is -0.356. The van der Waals surface area contributed by atoms with E-state index in [1.807, 2.05) is 5.67 Å². The van der Waals surface area contributed by atoms with Crippen LogP contribution in [-0.2, 0) is 4.79 Å². The molecule has 0 aliphatic rings. The minimum atomic E-state index is -0.356. The first-order valence-corrected chi connectivity index (χ1v) is 5.12. The van der Waals surface area contributed by atoms with Gasteiger partial charge < -0.3 is 5.73 Å². The van der Waals surface area contributed by atoms with Crippen molar-refractivity contribution >= 4 is 20.0 Å². The topological polar surface area (TPSA) is 43.1 Å². The average molecular weight is 129 g/mol. The Balaban J connectivity index is 3.45. The van der Waals surface area contributed by atoms with Gasteiger partial charge in [-0.05, 0) is 8.41 Å². The molecule has 1 amide bonds. The van der Waals surface area contributed by atoms with Gasteiger partial charge in [-0.15, -0.1) is 0 Å². The quantitative estimate of drug-likeness (QED) is 0.524. The van der Waals surface area contributed by atoms with Crippen LogP contribution in [0.3, 0.4) is 0 Å². The molecule has 2 N–H and O–H groups in total. The highest BCUT2D eigenvalue weighted by molar-refractivity contribution is 6.64. The summed E-state index contributed by atoms with van der Waals surface area (Å²) in [5.41, 5.74) is 6.88. The Hall–Kier alpha value is -0.443. The molecule has 0 aromatic rings. The van der Waals surface area contributed by atoms with Gasteiger partial charge >= 0.3 is 0 Å². The normalized spacial score (nSPS) is 8.25. The molecule has 8 heavy (non-hydrogen) atoms. The number of hydrogen-bond donors (Lipinski definition) is 1. The monoisotopic (exact) mass is 129 g/mol. The van der Waals surface area contributed by atoms with E-state index in [1.54, 1.807) is 0 Å². The van der Waals surface area contributed by atoms with Crippen LogP contribution in [0, 0.1) is 0 Å². The summed E-state index contributed by atoms with van der Waals surface area (Å²) in [5.74, 6) is -0.226. The molecule has 0 atom stereocenters. The molecule has 2 nitrogen and oxygen atoms in total. The van der Waals surface area contributed by atoms with E-state index in [4.69, 9.17) is 5.73 Å². The molecule has 0 radical (unpaired) electrons. The molecule has 3 heteroatoms. The lowest BCUT2D eigenvalue weighted by Gasteiger charge is -1.84. The van der Waals surface area contributed by atoms with Gasteiger partial charge in [-0.3, -0.25) is 4.79 Å². The zero-order valence-corrected chi connectivity index (χ0v) is 6.27. The lowest BCUT2D eigenvalue weighted by molar-refractivity contribution is -0.116. The smallest absolute Gasteiger partial charge is 0.220 e. The van der Waals surface area contributed by atoms with Crippen LogP contribution in [0.1, 0.15) is 6.42 Å². The van der Waals surface area contributed by atoms with E-state index in [9.17, 15) is 4.79 Å². The minimum Gasteiger partial charge on any atom is -0.369 e. The molecule has 0 aliphatic heterocycles. The number of carbonyl (C=O) groups excluding carboxylic acids is 1. The third kappa shape index (κ3) is 5.56. The first kappa shape index (κ1) is 7.56. The van der Waals surface area contributed by atoms with Crippen LogP contribution in [0.4, 0.5) is 0 Å². The fraction of sp³-hybridized carbons (Fsp3) is 0.600. The largest absolute Gasteiger partial charge is 0.369 e. The second-order valence-electron chi connectivity index (χ2n) is 1.95. The van der Waals surface area contributed by atoms with Crippen molar-refractivity contribution in [2.24, 2.45) is 5.73 Å². The number of hydrogen-bond acceptors (Lipinski definition) is 1. The predicted molar refractivity (Wildman–Crippen MR) is 37.4 cm³/mol. The van der Waals surface area contributed by atoms with Gasteiger partial charge in [0, 0.05) is 6.42 Å². The van der Waals surface area contributed by atoms with Crippen LogP contribution in [0.25, 0.3) is 0 Å². The summed E-state index contributed by atoms with van der Waals surface area (Å²) in [6, 6.07) is 0. The molecule has 0 aromatic carbocycles. The van der Waals surface area contributed by atoms with E-state index >= 15 is 0 Å². The van der Waals surface area contributed by atoms with Gasteiger partial charge in [-0.2, -0.15) is 0 Å². The van der Waals surface area contributed by atoms with Crippen LogP contribution in [-0.4, -0.2) is 20.0 Å². The van der Waals surface area contributed by atoms with Gasteiger partial charge in [0.05, 0.1) is 0 Å². The summed E-state index contributed by atoms with van der Waals surface area (Å²) in [6.07, 6.45) is 0.446. The van der Waals surface area contributed by atoms with Crippen molar-refractivity contribution in [2.45, 2.75) is 19.5 Å². The first-order valence-electron chi connectivity index (χ1n) is 2.54. The maximum atomic E-state index is 10.1. The Morgan fingerprint density at radius 3 is 2.38 bits per heavy atom. The SMILES string of the molecule is C[Si](C)=CCC(N)=O. The maximum Gasteiger partial charge on any atom is 0.220 e. The third-order valence-electron chi connectivity index (χ3n) is 0.711. The summed E-state index contributed by atoms with van der Waals surface area (Å²) < 4.78 is 0. The zero-order valence-electron chi connectivity index (χ0n) is 5.27. The Bertz CT molecular complexity index is 116. The van der Waals surface area contributed by atoms with Gasteiger partial charge in [0.1, 0.15) is 0 Å². The minimum absolute atomic E-state index is 0.226. The van der Waals surface area contributed by atoms with Gasteiger partial charge in [-0.25, -0.2) is 0 Å². The Morgan fingerprint density at radius 1 is 1.75 bits per heavy atom. The van der Waals surface area contributed by atoms with E-state index in [1.165, 1.54) is 0 Å². The molecular weight excluding hydrogens is 118 g/mol. The highest BCUT2D eigenvalue weighted by atomic mass is 28.2. The van der Waals surface area contributed by atoms with E-state index in [0.717, 1.165) is 0 Å². The lowest BCUT2D eigenvalue weighted by Crippen LogP contribution is -2.12. The third-order valence-corrected chi connectivity index (χ3v) is 1.73. The molecule has 0 aromatic heterocycles. The number of carbonyl (C=O) groups is 1. The molecule has 0 spiro atoms. The van der Waals surface area contributed by atoms with Crippen LogP contribution < -0.4 is 5.73 Å². The second-order valence-corrected chi connectivity index (χ2v) is 4.51. The molecule has 0 unspecified atom stereocenters. The van der Waals surface area contributed by atoms with Crippen molar-refractivity contribution in [3.63, 3.8) is 0 Å². The Kier molecular flexibility index (Phi) is 3.35. The fourth-order valence-corrected chi connectivity index (χ4v) is 0.914. The molecule has 0 saturated heterocycles. The first-order chi connectivity index (χ1) is 3.63. The van der Waals surface area contributed by atoms with Crippen LogP contribution in [0.15, 0.2) is 0 Å². The molecule has 0 fully saturated rings. The average Bonchev–Trinajstić information content (AvgIpc) is 1.61. The second kappa shape index (κ2) is 3.55. The Morgan fingerprint density at radius 2 is 2.25 bits per heavy atom. The summed E-state index contributed by atoms with van der Waals surface area (Å²) in [4.78, 5) is 10.1. The van der Waals surface area contributed by atoms with Crippen LogP contribution in [0.5, 0.6) is 0 Å². The lowest BCUT2D eigenvalue weighted by atomic mass is 10.5. The van der Waals surface area contributed by atoms with Crippen molar-refractivity contribution in [2.75, 3.05) is 0 Å². The molecule has 46 valence electrons. The molecule has 0 heterocycles. The molecule has 0 saturated carbocycles. The molecule has 0 bridgehead atoms. The van der Waals surface area contributed by atoms with Crippen molar-refractivity contribution in [3.8, 4) is 0 Å². The van der Waals surface area contributed by atoms with E-state index in [2.05, 4.69) is 13.1 Å². The zero-order chi connectivity index (χ0) is 6.57. The molecule has 0 rings (SSSR count). The van der Waals surface area contributed by atoms with Crippen LogP contribution >= 0.6 is 0 Å². The molecular formula is C5H11NOSi. The van der Waals surface area contributed by atoms with E-state index < -0.39 is 0 Å². The van der Waals surface area contributed by atoms with Crippen molar-refractivity contribution < 1.29 is 4.79 Å². The molecule has 0 aliphatic carbocycles. The van der Waals surface area contributed by atoms with Crippen LogP contribution in [0.2, 0.25) is 13.1 Å². The Labute approximate surface area is 50.9 Å². The summed E-state index contributed by atoms with van der Waals surface area (Å²) in [5, 5.41) is 0. The van der Waals surface area contributed by atoms with Gasteiger partial charge in [0.25, 0.3) is 0 Å². The highest BCUT2D eigenvalue weighted by Gasteiger charge is 1.86.